The Labute approximate surface area is 106 Å². The molecule has 0 amide bonds. The number of aromatic nitrogens is 1. The molecule has 0 unspecified atom stereocenters. The highest BCUT2D eigenvalue weighted by Crippen LogP contribution is 2.26. The lowest BCUT2D eigenvalue weighted by Crippen LogP contribution is -1.97. The van der Waals surface area contributed by atoms with Crippen LogP contribution in [0.4, 0.5) is 10.1 Å². The fraction of sp³-hybridized carbons (Fsp3) is 0.214. The van der Waals surface area contributed by atoms with Crippen LogP contribution in [0.3, 0.4) is 0 Å². The molecule has 94 valence electrons. The minimum absolute atomic E-state index is 0.338. The molecular weight excluding hydrogens is 231 g/mol. The first-order chi connectivity index (χ1) is 8.74. The van der Waals surface area contributed by atoms with Crippen molar-refractivity contribution in [3.8, 4) is 17.0 Å². The number of methoxy groups -OCH3 is 1. The van der Waals surface area contributed by atoms with Crippen molar-refractivity contribution in [2.45, 2.75) is 6.92 Å². The topological polar surface area (TPSA) is 34.2 Å². The van der Waals surface area contributed by atoms with Crippen LogP contribution in [0.1, 0.15) is 6.92 Å². The summed E-state index contributed by atoms with van der Waals surface area (Å²) < 4.78 is 18.9. The van der Waals surface area contributed by atoms with E-state index in [1.807, 2.05) is 19.1 Å². The Morgan fingerprint density at radius 2 is 2.11 bits per heavy atom. The van der Waals surface area contributed by atoms with Crippen molar-refractivity contribution in [1.29, 1.82) is 0 Å². The van der Waals surface area contributed by atoms with E-state index in [0.29, 0.717) is 17.0 Å². The quantitative estimate of drug-likeness (QED) is 0.898. The Morgan fingerprint density at radius 3 is 2.78 bits per heavy atom. The lowest BCUT2D eigenvalue weighted by atomic mass is 10.1. The third kappa shape index (κ3) is 2.59. The van der Waals surface area contributed by atoms with E-state index < -0.39 is 0 Å². The maximum absolute atomic E-state index is 13.9. The monoisotopic (exact) mass is 246 g/mol. The van der Waals surface area contributed by atoms with Gasteiger partial charge >= 0.3 is 0 Å². The molecule has 0 spiro atoms. The van der Waals surface area contributed by atoms with Crippen LogP contribution in [0.5, 0.6) is 5.75 Å². The van der Waals surface area contributed by atoms with E-state index >= 15 is 0 Å². The zero-order chi connectivity index (χ0) is 13.0. The zero-order valence-electron chi connectivity index (χ0n) is 10.4. The van der Waals surface area contributed by atoms with Gasteiger partial charge in [0.1, 0.15) is 11.6 Å². The molecule has 2 aromatic rings. The maximum atomic E-state index is 13.9. The number of halogens is 1. The van der Waals surface area contributed by atoms with E-state index in [1.54, 1.807) is 18.3 Å². The first-order valence-corrected chi connectivity index (χ1v) is 5.78. The number of nitrogens with zero attached hydrogens (tertiary/aromatic N) is 1. The van der Waals surface area contributed by atoms with E-state index in [4.69, 9.17) is 4.74 Å². The van der Waals surface area contributed by atoms with Gasteiger partial charge in [-0.25, -0.2) is 4.39 Å². The Morgan fingerprint density at radius 1 is 1.28 bits per heavy atom. The highest BCUT2D eigenvalue weighted by atomic mass is 19.1. The molecule has 0 fully saturated rings. The number of pyridine rings is 1. The average molecular weight is 246 g/mol. The molecule has 3 nitrogen and oxygen atoms in total. The number of hydrogen-bond acceptors (Lipinski definition) is 3. The van der Waals surface area contributed by atoms with Crippen molar-refractivity contribution < 1.29 is 9.13 Å². The second kappa shape index (κ2) is 5.49. The predicted molar refractivity (Wildman–Crippen MR) is 70.3 cm³/mol. The molecule has 0 saturated heterocycles. The molecule has 0 atom stereocenters. The molecular formula is C14H15FN2O. The maximum Gasteiger partial charge on any atom is 0.136 e. The van der Waals surface area contributed by atoms with E-state index in [9.17, 15) is 4.39 Å². The van der Waals surface area contributed by atoms with Crippen LogP contribution in [0.25, 0.3) is 11.3 Å². The Hall–Kier alpha value is -2.10. The third-order valence-electron chi connectivity index (χ3n) is 2.59. The normalized spacial score (nSPS) is 10.2. The van der Waals surface area contributed by atoms with Crippen molar-refractivity contribution >= 4 is 5.69 Å². The molecule has 1 heterocycles. The minimum Gasteiger partial charge on any atom is -0.497 e. The van der Waals surface area contributed by atoms with Gasteiger partial charge in [0.15, 0.2) is 0 Å². The van der Waals surface area contributed by atoms with Crippen LogP contribution < -0.4 is 10.1 Å². The van der Waals surface area contributed by atoms with Gasteiger partial charge in [-0.05, 0) is 31.2 Å². The van der Waals surface area contributed by atoms with Gasteiger partial charge in [0, 0.05) is 30.1 Å². The molecule has 1 N–H and O–H groups in total. The van der Waals surface area contributed by atoms with Crippen molar-refractivity contribution in [1.82, 2.24) is 4.98 Å². The van der Waals surface area contributed by atoms with Gasteiger partial charge in [-0.1, -0.05) is 0 Å². The van der Waals surface area contributed by atoms with E-state index in [1.165, 1.54) is 13.2 Å². The molecule has 0 saturated carbocycles. The summed E-state index contributed by atoms with van der Waals surface area (Å²) in [5.74, 6) is 0.162. The van der Waals surface area contributed by atoms with Crippen LogP contribution in [-0.2, 0) is 0 Å². The van der Waals surface area contributed by atoms with E-state index in [0.717, 1.165) is 12.2 Å². The zero-order valence-corrected chi connectivity index (χ0v) is 10.4. The van der Waals surface area contributed by atoms with Crippen molar-refractivity contribution in [3.63, 3.8) is 0 Å². The first-order valence-electron chi connectivity index (χ1n) is 5.78. The second-order valence-corrected chi connectivity index (χ2v) is 3.81. The van der Waals surface area contributed by atoms with E-state index in [-0.39, 0.29) is 5.82 Å². The average Bonchev–Trinajstić information content (AvgIpc) is 2.39. The lowest BCUT2D eigenvalue weighted by Gasteiger charge is -2.07. The van der Waals surface area contributed by atoms with Gasteiger partial charge in [-0.15, -0.1) is 0 Å². The first kappa shape index (κ1) is 12.4. The van der Waals surface area contributed by atoms with Crippen LogP contribution >= 0.6 is 0 Å². The molecule has 0 aliphatic carbocycles. The highest BCUT2D eigenvalue weighted by Gasteiger charge is 2.08. The fourth-order valence-corrected chi connectivity index (χ4v) is 1.72. The predicted octanol–water partition coefficient (Wildman–Crippen LogP) is 3.33. The Kier molecular flexibility index (Phi) is 3.77. The van der Waals surface area contributed by atoms with Crippen molar-refractivity contribution in [2.24, 2.45) is 0 Å². The largest absolute Gasteiger partial charge is 0.497 e. The molecule has 4 heteroatoms. The number of hydrogen-bond donors (Lipinski definition) is 1. The summed E-state index contributed by atoms with van der Waals surface area (Å²) in [4.78, 5) is 4.19. The van der Waals surface area contributed by atoms with Gasteiger partial charge in [0.25, 0.3) is 0 Å². The molecule has 0 aliphatic heterocycles. The van der Waals surface area contributed by atoms with Gasteiger partial charge in [0.05, 0.1) is 12.8 Å². The standard InChI is InChI=1S/C14H15FN2O/c1-3-16-10-6-7-17-14(8-10)12-5-4-11(18-2)9-13(12)15/h4-9H,3H2,1-2H3,(H,16,17). The summed E-state index contributed by atoms with van der Waals surface area (Å²) >= 11 is 0. The molecule has 1 aromatic carbocycles. The number of benzene rings is 1. The number of ether oxygens (including phenoxy) is 1. The summed E-state index contributed by atoms with van der Waals surface area (Å²) in [7, 11) is 1.51. The second-order valence-electron chi connectivity index (χ2n) is 3.81. The van der Waals surface area contributed by atoms with Crippen LogP contribution in [0.15, 0.2) is 36.5 Å². The SMILES string of the molecule is CCNc1ccnc(-c2ccc(OC)cc2F)c1. The van der Waals surface area contributed by atoms with Gasteiger partial charge in [-0.3, -0.25) is 4.98 Å². The number of nitrogens with one attached hydrogen (secondary N) is 1. The molecule has 0 radical (unpaired) electrons. The smallest absolute Gasteiger partial charge is 0.136 e. The highest BCUT2D eigenvalue weighted by molar-refractivity contribution is 5.65. The van der Waals surface area contributed by atoms with Gasteiger partial charge < -0.3 is 10.1 Å². The summed E-state index contributed by atoms with van der Waals surface area (Å²) in [6.45, 7) is 2.82. The van der Waals surface area contributed by atoms with E-state index in [2.05, 4.69) is 10.3 Å². The fourth-order valence-electron chi connectivity index (χ4n) is 1.72. The molecule has 2 rings (SSSR count). The van der Waals surface area contributed by atoms with Crippen molar-refractivity contribution in [2.75, 3.05) is 19.0 Å². The molecule has 1 aromatic heterocycles. The third-order valence-corrected chi connectivity index (χ3v) is 2.59. The van der Waals surface area contributed by atoms with Crippen LogP contribution in [-0.4, -0.2) is 18.6 Å². The summed E-state index contributed by atoms with van der Waals surface area (Å²) in [5, 5.41) is 3.17. The minimum atomic E-state index is -0.338. The lowest BCUT2D eigenvalue weighted by molar-refractivity contribution is 0.411. The summed E-state index contributed by atoms with van der Waals surface area (Å²) in [6, 6.07) is 8.44. The van der Waals surface area contributed by atoms with Crippen LogP contribution in [0, 0.1) is 5.82 Å². The molecule has 0 bridgehead atoms. The Bertz CT molecular complexity index is 543. The van der Waals surface area contributed by atoms with Gasteiger partial charge in [-0.2, -0.15) is 0 Å². The van der Waals surface area contributed by atoms with Gasteiger partial charge in [0.2, 0.25) is 0 Å². The summed E-state index contributed by atoms with van der Waals surface area (Å²) in [6.07, 6.45) is 1.66. The van der Waals surface area contributed by atoms with Crippen LogP contribution in [0.2, 0.25) is 0 Å². The number of rotatable bonds is 4. The molecule has 0 aliphatic rings. The van der Waals surface area contributed by atoms with Crippen molar-refractivity contribution in [3.05, 3.63) is 42.3 Å². The number of anilines is 1. The molecule has 18 heavy (non-hydrogen) atoms. The summed E-state index contributed by atoms with van der Waals surface area (Å²) in [5.41, 5.74) is 2.00. The Balaban J connectivity index is 2.38.